The standard InChI is InChI=1S/C13H15N7O3S/c1-9-4-12(20(17-9)10-2-3-24(22,23)7-10)16-13(21)6-19-8-15-11(5-14)18-19/h4,8,10H,2-3,6-7H2,1H3,(H,16,21)/t10-/m0/s1. The fraction of sp³-hybridized carbons (Fsp3) is 0.462. The smallest absolute Gasteiger partial charge is 0.252 e. The Morgan fingerprint density at radius 2 is 2.29 bits per heavy atom. The van der Waals surface area contributed by atoms with Crippen LogP contribution in [0.25, 0.3) is 0 Å². The van der Waals surface area contributed by atoms with Gasteiger partial charge in [-0.05, 0) is 13.3 Å². The Labute approximate surface area is 138 Å². The third kappa shape index (κ3) is 3.43. The van der Waals surface area contributed by atoms with Crippen LogP contribution in [-0.4, -0.2) is 50.4 Å². The normalized spacial score (nSPS) is 19.1. The van der Waals surface area contributed by atoms with Gasteiger partial charge in [-0.1, -0.05) is 0 Å². The second kappa shape index (κ2) is 6.04. The fourth-order valence-electron chi connectivity index (χ4n) is 2.61. The van der Waals surface area contributed by atoms with Crippen LogP contribution < -0.4 is 5.32 Å². The van der Waals surface area contributed by atoms with Crippen molar-refractivity contribution in [3.05, 3.63) is 23.9 Å². The minimum absolute atomic E-state index is 0.0140. The predicted molar refractivity (Wildman–Crippen MR) is 82.6 cm³/mol. The first-order chi connectivity index (χ1) is 11.4. The zero-order chi connectivity index (χ0) is 17.3. The van der Waals surface area contributed by atoms with Gasteiger partial charge in [0.25, 0.3) is 5.82 Å². The van der Waals surface area contributed by atoms with Crippen molar-refractivity contribution in [2.75, 3.05) is 16.8 Å². The van der Waals surface area contributed by atoms with Crippen LogP contribution in [0.4, 0.5) is 5.82 Å². The van der Waals surface area contributed by atoms with Gasteiger partial charge in [0.1, 0.15) is 24.8 Å². The average Bonchev–Trinajstić information content (AvgIpc) is 3.18. The number of aryl methyl sites for hydroxylation is 1. The van der Waals surface area contributed by atoms with Crippen LogP contribution in [0.15, 0.2) is 12.4 Å². The van der Waals surface area contributed by atoms with Crippen LogP contribution in [0.2, 0.25) is 0 Å². The summed E-state index contributed by atoms with van der Waals surface area (Å²) in [6, 6.07) is 3.19. The minimum Gasteiger partial charge on any atom is -0.309 e. The van der Waals surface area contributed by atoms with Gasteiger partial charge < -0.3 is 5.32 Å². The van der Waals surface area contributed by atoms with E-state index >= 15 is 0 Å². The quantitative estimate of drug-likeness (QED) is 0.797. The average molecular weight is 349 g/mol. The molecule has 11 heteroatoms. The number of rotatable bonds is 4. The summed E-state index contributed by atoms with van der Waals surface area (Å²) in [5.41, 5.74) is 0.683. The summed E-state index contributed by atoms with van der Waals surface area (Å²) in [5.74, 6) is 0.206. The van der Waals surface area contributed by atoms with Crippen molar-refractivity contribution in [3.8, 4) is 6.07 Å². The van der Waals surface area contributed by atoms with Gasteiger partial charge in [0.05, 0.1) is 23.2 Å². The van der Waals surface area contributed by atoms with E-state index in [4.69, 9.17) is 5.26 Å². The number of hydrogen-bond donors (Lipinski definition) is 1. The number of carbonyl (C=O) groups is 1. The van der Waals surface area contributed by atoms with E-state index in [-0.39, 0.29) is 35.8 Å². The van der Waals surface area contributed by atoms with Gasteiger partial charge in [0.2, 0.25) is 5.91 Å². The van der Waals surface area contributed by atoms with Crippen LogP contribution >= 0.6 is 0 Å². The molecule has 1 N–H and O–H groups in total. The number of aromatic nitrogens is 5. The molecule has 0 aromatic carbocycles. The van der Waals surface area contributed by atoms with Crippen molar-refractivity contribution in [3.63, 3.8) is 0 Å². The summed E-state index contributed by atoms with van der Waals surface area (Å²) >= 11 is 0. The van der Waals surface area contributed by atoms with Crippen LogP contribution in [-0.2, 0) is 21.2 Å². The third-order valence-electron chi connectivity index (χ3n) is 3.62. The lowest BCUT2D eigenvalue weighted by Gasteiger charge is -2.13. The molecule has 126 valence electrons. The number of anilines is 1. The van der Waals surface area contributed by atoms with Gasteiger partial charge in [0.15, 0.2) is 9.84 Å². The molecule has 0 bridgehead atoms. The van der Waals surface area contributed by atoms with E-state index in [9.17, 15) is 13.2 Å². The maximum absolute atomic E-state index is 12.1. The van der Waals surface area contributed by atoms with E-state index < -0.39 is 9.84 Å². The number of nitrogens with one attached hydrogen (secondary N) is 1. The zero-order valence-electron chi connectivity index (χ0n) is 12.9. The molecular weight excluding hydrogens is 334 g/mol. The summed E-state index contributed by atoms with van der Waals surface area (Å²) < 4.78 is 26.1. The van der Waals surface area contributed by atoms with Gasteiger partial charge in [-0.25, -0.2) is 22.8 Å². The highest BCUT2D eigenvalue weighted by Gasteiger charge is 2.31. The van der Waals surface area contributed by atoms with Crippen molar-refractivity contribution >= 4 is 21.6 Å². The highest BCUT2D eigenvalue weighted by Crippen LogP contribution is 2.27. The molecule has 2 aromatic heterocycles. The van der Waals surface area contributed by atoms with Gasteiger partial charge >= 0.3 is 0 Å². The molecule has 1 fully saturated rings. The zero-order valence-corrected chi connectivity index (χ0v) is 13.7. The molecule has 0 radical (unpaired) electrons. The van der Waals surface area contributed by atoms with E-state index in [1.54, 1.807) is 23.7 Å². The Bertz CT molecular complexity index is 922. The fourth-order valence-corrected chi connectivity index (χ4v) is 4.30. The first-order valence-electron chi connectivity index (χ1n) is 7.22. The largest absolute Gasteiger partial charge is 0.309 e. The number of nitrogens with zero attached hydrogens (tertiary/aromatic N) is 6. The molecule has 1 aliphatic heterocycles. The van der Waals surface area contributed by atoms with Crippen LogP contribution in [0, 0.1) is 18.3 Å². The van der Waals surface area contributed by atoms with E-state index in [2.05, 4.69) is 20.5 Å². The molecule has 2 aromatic rings. The third-order valence-corrected chi connectivity index (χ3v) is 5.37. The summed E-state index contributed by atoms with van der Waals surface area (Å²) in [4.78, 5) is 15.9. The van der Waals surface area contributed by atoms with Gasteiger partial charge in [-0.15, -0.1) is 5.10 Å². The lowest BCUT2D eigenvalue weighted by atomic mass is 10.3. The van der Waals surface area contributed by atoms with Crippen molar-refractivity contribution in [1.82, 2.24) is 24.5 Å². The Kier molecular flexibility index (Phi) is 4.06. The topological polar surface area (TPSA) is 136 Å². The molecule has 3 heterocycles. The predicted octanol–water partition coefficient (Wildman–Crippen LogP) is -0.347. The van der Waals surface area contributed by atoms with E-state index in [0.29, 0.717) is 17.9 Å². The number of amides is 1. The molecule has 24 heavy (non-hydrogen) atoms. The molecular formula is C13H15N7O3S. The Morgan fingerprint density at radius 3 is 2.92 bits per heavy atom. The van der Waals surface area contributed by atoms with E-state index in [1.807, 2.05) is 0 Å². The molecule has 1 amide bonds. The number of carbonyl (C=O) groups excluding carboxylic acids is 1. The minimum atomic E-state index is -3.05. The first-order valence-corrected chi connectivity index (χ1v) is 9.04. The maximum Gasteiger partial charge on any atom is 0.252 e. The molecule has 1 saturated heterocycles. The van der Waals surface area contributed by atoms with Crippen molar-refractivity contribution < 1.29 is 13.2 Å². The van der Waals surface area contributed by atoms with E-state index in [1.165, 1.54) is 11.0 Å². The molecule has 0 aliphatic carbocycles. The molecule has 1 aliphatic rings. The number of sulfone groups is 1. The second-order valence-corrected chi connectivity index (χ2v) is 7.83. The SMILES string of the molecule is Cc1cc(NC(=O)Cn2cnc(C#N)n2)n([C@H]2CCS(=O)(=O)C2)n1. The summed E-state index contributed by atoms with van der Waals surface area (Å²) in [5, 5.41) is 19.5. The van der Waals surface area contributed by atoms with Crippen molar-refractivity contribution in [2.45, 2.75) is 25.9 Å². The van der Waals surface area contributed by atoms with Crippen molar-refractivity contribution in [2.24, 2.45) is 0 Å². The molecule has 1 atom stereocenters. The lowest BCUT2D eigenvalue weighted by Crippen LogP contribution is -2.23. The molecule has 0 spiro atoms. The number of nitriles is 1. The van der Waals surface area contributed by atoms with Crippen LogP contribution in [0.5, 0.6) is 0 Å². The summed E-state index contributed by atoms with van der Waals surface area (Å²) in [7, 11) is -3.05. The van der Waals surface area contributed by atoms with Gasteiger partial charge in [-0.2, -0.15) is 10.4 Å². The van der Waals surface area contributed by atoms with Crippen LogP contribution in [0.1, 0.15) is 24.0 Å². The summed E-state index contributed by atoms with van der Waals surface area (Å²) in [6.45, 7) is 1.66. The second-order valence-electron chi connectivity index (χ2n) is 5.60. The van der Waals surface area contributed by atoms with E-state index in [0.717, 1.165) is 0 Å². The summed E-state index contributed by atoms with van der Waals surface area (Å²) in [6.07, 6.45) is 1.77. The first kappa shape index (κ1) is 16.1. The molecule has 0 saturated carbocycles. The molecule has 0 unspecified atom stereocenters. The van der Waals surface area contributed by atoms with Gasteiger partial charge in [0, 0.05) is 6.07 Å². The van der Waals surface area contributed by atoms with Crippen molar-refractivity contribution in [1.29, 1.82) is 5.26 Å². The highest BCUT2D eigenvalue weighted by atomic mass is 32.2. The Hall–Kier alpha value is -2.74. The maximum atomic E-state index is 12.1. The Morgan fingerprint density at radius 1 is 1.50 bits per heavy atom. The lowest BCUT2D eigenvalue weighted by molar-refractivity contribution is -0.117. The Balaban J connectivity index is 1.73. The monoisotopic (exact) mass is 349 g/mol. The molecule has 10 nitrogen and oxygen atoms in total. The van der Waals surface area contributed by atoms with Gasteiger partial charge in [-0.3, -0.25) is 4.79 Å². The number of hydrogen-bond acceptors (Lipinski definition) is 7. The van der Waals surface area contributed by atoms with Crippen LogP contribution in [0.3, 0.4) is 0 Å². The molecule has 3 rings (SSSR count). The highest BCUT2D eigenvalue weighted by molar-refractivity contribution is 7.91.